The van der Waals surface area contributed by atoms with Crippen LogP contribution in [0.15, 0.2) is 24.3 Å². The lowest BCUT2D eigenvalue weighted by Crippen LogP contribution is -2.41. The van der Waals surface area contributed by atoms with Crippen LogP contribution in [0.5, 0.6) is 0 Å². The topological polar surface area (TPSA) is 60.9 Å². The molecule has 1 rings (SSSR count). The third kappa shape index (κ3) is 5.06. The van der Waals surface area contributed by atoms with Crippen LogP contribution in [-0.4, -0.2) is 48.1 Å². The molecule has 0 saturated heterocycles. The number of carbonyl (C=O) groups is 2. The summed E-state index contributed by atoms with van der Waals surface area (Å²) in [5.74, 6) is -1.59. The minimum atomic E-state index is -0.980. The van der Waals surface area contributed by atoms with E-state index in [1.807, 2.05) is 13.8 Å². The predicted octanol–water partition coefficient (Wildman–Crippen LogP) is 1.98. The molecule has 5 nitrogen and oxygen atoms in total. The molecule has 6 heteroatoms. The van der Waals surface area contributed by atoms with Gasteiger partial charge in [0, 0.05) is 19.6 Å². The molecule has 21 heavy (non-hydrogen) atoms. The molecule has 0 atom stereocenters. The lowest BCUT2D eigenvalue weighted by Gasteiger charge is -2.27. The van der Waals surface area contributed by atoms with E-state index in [2.05, 4.69) is 0 Å². The average Bonchev–Trinajstić information content (AvgIpc) is 2.45. The number of hydrogen-bond donors (Lipinski definition) is 1. The summed E-state index contributed by atoms with van der Waals surface area (Å²) in [5, 5.41) is 8.80. The first-order valence-corrected chi connectivity index (χ1v) is 6.98. The number of amides is 1. The van der Waals surface area contributed by atoms with E-state index in [9.17, 15) is 14.0 Å². The highest BCUT2D eigenvalue weighted by atomic mass is 19.1. The minimum Gasteiger partial charge on any atom is -0.481 e. The van der Waals surface area contributed by atoms with Crippen LogP contribution < -0.4 is 4.90 Å². The van der Waals surface area contributed by atoms with Gasteiger partial charge in [-0.25, -0.2) is 4.39 Å². The van der Waals surface area contributed by atoms with Crippen LogP contribution in [0.25, 0.3) is 0 Å². The van der Waals surface area contributed by atoms with E-state index in [-0.39, 0.29) is 31.1 Å². The molecule has 0 aliphatic heterocycles. The number of carbonyl (C=O) groups excluding carboxylic acids is 1. The van der Waals surface area contributed by atoms with E-state index in [4.69, 9.17) is 5.11 Å². The maximum atomic E-state index is 13.9. The van der Waals surface area contributed by atoms with Crippen molar-refractivity contribution >= 4 is 17.6 Å². The second-order valence-electron chi connectivity index (χ2n) is 4.58. The van der Waals surface area contributed by atoms with E-state index >= 15 is 0 Å². The molecule has 1 N–H and O–H groups in total. The Labute approximate surface area is 124 Å². The number of likely N-dealkylation sites (N-methyl/N-ethyl adjacent to an activating group) is 1. The van der Waals surface area contributed by atoms with E-state index in [1.54, 1.807) is 23.1 Å². The second kappa shape index (κ2) is 8.24. The number of carboxylic acid groups (broad SMARTS) is 1. The molecule has 0 spiro atoms. The van der Waals surface area contributed by atoms with Gasteiger partial charge in [0.2, 0.25) is 5.91 Å². The third-order valence-electron chi connectivity index (χ3n) is 3.23. The van der Waals surface area contributed by atoms with Gasteiger partial charge in [-0.05, 0) is 26.0 Å². The lowest BCUT2D eigenvalue weighted by atomic mass is 10.2. The highest BCUT2D eigenvalue weighted by Gasteiger charge is 2.18. The summed E-state index contributed by atoms with van der Waals surface area (Å²) < 4.78 is 13.9. The number of anilines is 1. The molecule has 0 aliphatic rings. The van der Waals surface area contributed by atoms with Gasteiger partial charge < -0.3 is 14.9 Å². The quantitative estimate of drug-likeness (QED) is 0.797. The van der Waals surface area contributed by atoms with Gasteiger partial charge in [-0.2, -0.15) is 0 Å². The fourth-order valence-corrected chi connectivity index (χ4v) is 2.06. The summed E-state index contributed by atoms with van der Waals surface area (Å²) in [4.78, 5) is 26.0. The van der Waals surface area contributed by atoms with Gasteiger partial charge in [-0.15, -0.1) is 0 Å². The van der Waals surface area contributed by atoms with Gasteiger partial charge in [-0.1, -0.05) is 12.1 Å². The minimum absolute atomic E-state index is 0.0319. The van der Waals surface area contributed by atoms with Crippen LogP contribution in [-0.2, 0) is 9.59 Å². The number of rotatable bonds is 8. The number of hydrogen-bond acceptors (Lipinski definition) is 3. The Hall–Kier alpha value is -2.11. The summed E-state index contributed by atoms with van der Waals surface area (Å²) in [6.45, 7) is 4.93. The average molecular weight is 296 g/mol. The molecular formula is C15H21FN2O3. The molecule has 0 unspecified atom stereocenters. The first-order chi connectivity index (χ1) is 9.99. The van der Waals surface area contributed by atoms with E-state index in [0.29, 0.717) is 13.1 Å². The Kier molecular flexibility index (Phi) is 6.65. The van der Waals surface area contributed by atoms with Gasteiger partial charge in [0.05, 0.1) is 18.7 Å². The monoisotopic (exact) mass is 296 g/mol. The Morgan fingerprint density at radius 2 is 1.81 bits per heavy atom. The summed E-state index contributed by atoms with van der Waals surface area (Å²) in [7, 11) is 0. The molecule has 0 heterocycles. The fourth-order valence-electron chi connectivity index (χ4n) is 2.06. The predicted molar refractivity (Wildman–Crippen MR) is 78.8 cm³/mol. The highest BCUT2D eigenvalue weighted by molar-refractivity contribution is 5.81. The highest BCUT2D eigenvalue weighted by Crippen LogP contribution is 2.19. The van der Waals surface area contributed by atoms with Crippen LogP contribution in [0.2, 0.25) is 0 Å². The van der Waals surface area contributed by atoms with Crippen molar-refractivity contribution in [1.82, 2.24) is 4.90 Å². The molecule has 0 aromatic heterocycles. The maximum absolute atomic E-state index is 13.9. The first kappa shape index (κ1) is 16.9. The van der Waals surface area contributed by atoms with Crippen LogP contribution in [0.4, 0.5) is 10.1 Å². The van der Waals surface area contributed by atoms with Crippen LogP contribution in [0, 0.1) is 5.82 Å². The summed E-state index contributed by atoms with van der Waals surface area (Å²) >= 11 is 0. The molecule has 0 saturated carbocycles. The van der Waals surface area contributed by atoms with Crippen molar-refractivity contribution in [3.63, 3.8) is 0 Å². The lowest BCUT2D eigenvalue weighted by molar-refractivity contribution is -0.137. The zero-order valence-electron chi connectivity index (χ0n) is 12.4. The summed E-state index contributed by atoms with van der Waals surface area (Å²) in [6.07, 6.45) is -0.153. The zero-order chi connectivity index (χ0) is 15.8. The normalized spacial score (nSPS) is 10.2. The van der Waals surface area contributed by atoms with Gasteiger partial charge in [-0.3, -0.25) is 9.59 Å². The van der Waals surface area contributed by atoms with Gasteiger partial charge >= 0.3 is 5.97 Å². The SMILES string of the molecule is CCN(CC)C(=O)CN(CCC(=O)O)c1ccccc1F. The Morgan fingerprint density at radius 1 is 1.19 bits per heavy atom. The number of carboxylic acids is 1. The number of aliphatic carboxylic acids is 1. The van der Waals surface area contributed by atoms with Crippen molar-refractivity contribution in [2.75, 3.05) is 31.1 Å². The second-order valence-corrected chi connectivity index (χ2v) is 4.58. The molecule has 0 radical (unpaired) electrons. The molecule has 116 valence electrons. The number of para-hydroxylation sites is 1. The van der Waals surface area contributed by atoms with Crippen molar-refractivity contribution in [1.29, 1.82) is 0 Å². The van der Waals surface area contributed by atoms with E-state index < -0.39 is 11.8 Å². The maximum Gasteiger partial charge on any atom is 0.305 e. The first-order valence-electron chi connectivity index (χ1n) is 6.98. The number of halogens is 1. The summed E-state index contributed by atoms with van der Waals surface area (Å²) in [5.41, 5.74) is 0.249. The Bertz CT molecular complexity index is 490. The van der Waals surface area contributed by atoms with E-state index in [0.717, 1.165) is 0 Å². The molecule has 1 aromatic rings. The summed E-state index contributed by atoms with van der Waals surface area (Å²) in [6, 6.07) is 6.06. The third-order valence-corrected chi connectivity index (χ3v) is 3.23. The zero-order valence-corrected chi connectivity index (χ0v) is 12.4. The number of nitrogens with zero attached hydrogens (tertiary/aromatic N) is 2. The molecule has 1 amide bonds. The van der Waals surface area contributed by atoms with Crippen LogP contribution in [0.1, 0.15) is 20.3 Å². The standard InChI is InChI=1S/C15H21FN2O3/c1-3-17(4-2)14(19)11-18(10-9-15(20)21)13-8-6-5-7-12(13)16/h5-8H,3-4,9-11H2,1-2H3,(H,20,21). The Morgan fingerprint density at radius 3 is 2.33 bits per heavy atom. The molecule has 0 fully saturated rings. The Balaban J connectivity index is 2.90. The smallest absolute Gasteiger partial charge is 0.305 e. The van der Waals surface area contributed by atoms with Crippen molar-refractivity contribution < 1.29 is 19.1 Å². The van der Waals surface area contributed by atoms with Gasteiger partial charge in [0.1, 0.15) is 5.82 Å². The van der Waals surface area contributed by atoms with Crippen molar-refractivity contribution in [3.05, 3.63) is 30.1 Å². The van der Waals surface area contributed by atoms with Crippen molar-refractivity contribution in [2.24, 2.45) is 0 Å². The molecule has 1 aromatic carbocycles. The molecule has 0 bridgehead atoms. The molecular weight excluding hydrogens is 275 g/mol. The van der Waals surface area contributed by atoms with Crippen LogP contribution in [0.3, 0.4) is 0 Å². The molecule has 0 aliphatic carbocycles. The number of benzene rings is 1. The van der Waals surface area contributed by atoms with Gasteiger partial charge in [0.15, 0.2) is 0 Å². The van der Waals surface area contributed by atoms with Gasteiger partial charge in [0.25, 0.3) is 0 Å². The van der Waals surface area contributed by atoms with Crippen LogP contribution >= 0.6 is 0 Å². The van der Waals surface area contributed by atoms with Crippen molar-refractivity contribution in [2.45, 2.75) is 20.3 Å². The largest absolute Gasteiger partial charge is 0.481 e. The van der Waals surface area contributed by atoms with Crippen molar-refractivity contribution in [3.8, 4) is 0 Å². The van der Waals surface area contributed by atoms with E-state index in [1.165, 1.54) is 11.0 Å². The fraction of sp³-hybridized carbons (Fsp3) is 0.467.